The van der Waals surface area contributed by atoms with Crippen molar-refractivity contribution in [3.05, 3.63) is 65.2 Å². The van der Waals surface area contributed by atoms with Crippen molar-refractivity contribution in [2.45, 2.75) is 32.4 Å². The molecule has 0 radical (unpaired) electrons. The zero-order chi connectivity index (χ0) is 22.8. The quantitative estimate of drug-likeness (QED) is 0.461. The van der Waals surface area contributed by atoms with Crippen LogP contribution in [0.3, 0.4) is 0 Å². The summed E-state index contributed by atoms with van der Waals surface area (Å²) < 4.78 is 12.0. The number of ether oxygens (including phenoxy) is 2. The Kier molecular flexibility index (Phi) is 9.38. The van der Waals surface area contributed by atoms with E-state index in [4.69, 9.17) is 9.47 Å². The van der Waals surface area contributed by atoms with Gasteiger partial charge in [-0.15, -0.1) is 0 Å². The third-order valence-corrected chi connectivity index (χ3v) is 5.77. The molecular weight excluding hydrogens is 400 g/mol. The molecule has 2 aromatic carbocycles. The normalized spacial score (nSPS) is 19.1. The van der Waals surface area contributed by atoms with Crippen molar-refractivity contribution in [2.75, 3.05) is 47.4 Å². The highest BCUT2D eigenvalue weighted by Gasteiger charge is 2.27. The molecule has 0 aliphatic carbocycles. The van der Waals surface area contributed by atoms with E-state index in [1.807, 2.05) is 33.3 Å². The number of aryl methyl sites for hydroxylation is 1. The number of guanidine groups is 1. The van der Waals surface area contributed by atoms with E-state index in [0.29, 0.717) is 19.1 Å². The van der Waals surface area contributed by atoms with Crippen LogP contribution in [0.1, 0.15) is 35.6 Å². The number of hydrogen-bond acceptors (Lipinski definition) is 4. The molecule has 0 bridgehead atoms. The first-order valence-electron chi connectivity index (χ1n) is 11.5. The van der Waals surface area contributed by atoms with Crippen molar-refractivity contribution in [3.63, 3.8) is 0 Å². The van der Waals surface area contributed by atoms with Gasteiger partial charge in [-0.05, 0) is 57.1 Å². The van der Waals surface area contributed by atoms with E-state index in [1.54, 1.807) is 0 Å². The van der Waals surface area contributed by atoms with Crippen LogP contribution in [-0.4, -0.2) is 58.3 Å². The SMILES string of the molecule is CN=C(NCc1cccc(OCCN(C)C)c1)NCC1CCCOC1c1ccc(C)cc1. The average Bonchev–Trinajstić information content (AvgIpc) is 2.80. The fourth-order valence-corrected chi connectivity index (χ4v) is 3.90. The maximum absolute atomic E-state index is 6.15. The summed E-state index contributed by atoms with van der Waals surface area (Å²) >= 11 is 0. The number of nitrogens with zero attached hydrogens (tertiary/aromatic N) is 2. The summed E-state index contributed by atoms with van der Waals surface area (Å²) in [4.78, 5) is 6.52. The lowest BCUT2D eigenvalue weighted by Gasteiger charge is -2.32. The van der Waals surface area contributed by atoms with Gasteiger partial charge in [-0.2, -0.15) is 0 Å². The Balaban J connectivity index is 1.50. The summed E-state index contributed by atoms with van der Waals surface area (Å²) in [7, 11) is 5.90. The van der Waals surface area contributed by atoms with E-state index < -0.39 is 0 Å². The van der Waals surface area contributed by atoms with Crippen molar-refractivity contribution in [1.29, 1.82) is 0 Å². The second-order valence-corrected chi connectivity index (χ2v) is 8.71. The Morgan fingerprint density at radius 1 is 1.16 bits per heavy atom. The van der Waals surface area contributed by atoms with Gasteiger partial charge in [0, 0.05) is 39.2 Å². The fraction of sp³-hybridized carbons (Fsp3) is 0.500. The van der Waals surface area contributed by atoms with Crippen molar-refractivity contribution in [1.82, 2.24) is 15.5 Å². The second-order valence-electron chi connectivity index (χ2n) is 8.71. The van der Waals surface area contributed by atoms with Crippen LogP contribution in [0.4, 0.5) is 0 Å². The zero-order valence-electron chi connectivity index (χ0n) is 19.9. The number of nitrogens with one attached hydrogen (secondary N) is 2. The summed E-state index contributed by atoms with van der Waals surface area (Å²) in [6.45, 7) is 6.03. The molecule has 2 N–H and O–H groups in total. The summed E-state index contributed by atoms with van der Waals surface area (Å²) in [6, 6.07) is 16.9. The first-order valence-corrected chi connectivity index (χ1v) is 11.5. The first kappa shape index (κ1) is 24.1. The van der Waals surface area contributed by atoms with Crippen LogP contribution in [-0.2, 0) is 11.3 Å². The number of aliphatic imine (C=N–C) groups is 1. The molecule has 6 heteroatoms. The predicted molar refractivity (Wildman–Crippen MR) is 131 cm³/mol. The Bertz CT molecular complexity index is 851. The van der Waals surface area contributed by atoms with Gasteiger partial charge in [-0.1, -0.05) is 42.0 Å². The van der Waals surface area contributed by atoms with E-state index in [0.717, 1.165) is 49.8 Å². The highest BCUT2D eigenvalue weighted by molar-refractivity contribution is 5.79. The zero-order valence-corrected chi connectivity index (χ0v) is 19.9. The minimum absolute atomic E-state index is 0.131. The van der Waals surface area contributed by atoms with Crippen LogP contribution < -0.4 is 15.4 Å². The monoisotopic (exact) mass is 438 g/mol. The lowest BCUT2D eigenvalue weighted by atomic mass is 9.89. The van der Waals surface area contributed by atoms with Gasteiger partial charge >= 0.3 is 0 Å². The summed E-state index contributed by atoms with van der Waals surface area (Å²) in [5.74, 6) is 2.12. The van der Waals surface area contributed by atoms with Gasteiger partial charge in [0.2, 0.25) is 0 Å². The highest BCUT2D eigenvalue weighted by Crippen LogP contribution is 2.33. The van der Waals surface area contributed by atoms with Crippen LogP contribution in [0.5, 0.6) is 5.75 Å². The van der Waals surface area contributed by atoms with E-state index in [2.05, 4.69) is 63.8 Å². The summed E-state index contributed by atoms with van der Waals surface area (Å²) in [5.41, 5.74) is 3.70. The molecule has 0 aromatic heterocycles. The lowest BCUT2D eigenvalue weighted by Crippen LogP contribution is -2.41. The Labute approximate surface area is 193 Å². The third-order valence-electron chi connectivity index (χ3n) is 5.77. The van der Waals surface area contributed by atoms with E-state index >= 15 is 0 Å². The minimum atomic E-state index is 0.131. The minimum Gasteiger partial charge on any atom is -0.492 e. The van der Waals surface area contributed by atoms with Gasteiger partial charge in [0.05, 0.1) is 6.10 Å². The topological polar surface area (TPSA) is 58.1 Å². The fourth-order valence-electron chi connectivity index (χ4n) is 3.90. The lowest BCUT2D eigenvalue weighted by molar-refractivity contribution is -0.0265. The largest absolute Gasteiger partial charge is 0.492 e. The van der Waals surface area contributed by atoms with E-state index in [1.165, 1.54) is 11.1 Å². The molecule has 1 aliphatic rings. The number of hydrogen-bond donors (Lipinski definition) is 2. The third kappa shape index (κ3) is 7.53. The van der Waals surface area contributed by atoms with Crippen LogP contribution in [0, 0.1) is 12.8 Å². The van der Waals surface area contributed by atoms with Gasteiger partial charge in [-0.25, -0.2) is 0 Å². The number of likely N-dealkylation sites (N-methyl/N-ethyl adjacent to an activating group) is 1. The van der Waals surface area contributed by atoms with Crippen molar-refractivity contribution in [2.24, 2.45) is 10.9 Å². The van der Waals surface area contributed by atoms with Crippen LogP contribution in [0.25, 0.3) is 0 Å². The molecule has 32 heavy (non-hydrogen) atoms. The predicted octanol–water partition coefficient (Wildman–Crippen LogP) is 3.77. The molecule has 3 rings (SSSR count). The standard InChI is InChI=1S/C26H38N4O2/c1-20-10-12-22(13-11-20)25-23(8-6-15-32-25)19-29-26(27-2)28-18-21-7-5-9-24(17-21)31-16-14-30(3)4/h5,7,9-13,17,23,25H,6,8,14-16,18-19H2,1-4H3,(H2,27,28,29). The van der Waals surface area contributed by atoms with Crippen LogP contribution >= 0.6 is 0 Å². The molecule has 1 saturated heterocycles. The Hall–Kier alpha value is -2.57. The smallest absolute Gasteiger partial charge is 0.191 e. The van der Waals surface area contributed by atoms with Crippen LogP contribution in [0.2, 0.25) is 0 Å². The molecule has 2 aromatic rings. The number of rotatable bonds is 9. The molecule has 1 heterocycles. The van der Waals surface area contributed by atoms with Gasteiger partial charge in [-0.3, -0.25) is 4.99 Å². The van der Waals surface area contributed by atoms with Crippen molar-refractivity contribution >= 4 is 5.96 Å². The number of benzene rings is 2. The molecule has 2 atom stereocenters. The highest BCUT2D eigenvalue weighted by atomic mass is 16.5. The Morgan fingerprint density at radius 2 is 1.97 bits per heavy atom. The van der Waals surface area contributed by atoms with Gasteiger partial charge in [0.25, 0.3) is 0 Å². The first-order chi connectivity index (χ1) is 15.5. The molecule has 1 aliphatic heterocycles. The molecule has 0 spiro atoms. The molecule has 6 nitrogen and oxygen atoms in total. The van der Waals surface area contributed by atoms with Crippen molar-refractivity contribution < 1.29 is 9.47 Å². The second kappa shape index (κ2) is 12.5. The van der Waals surface area contributed by atoms with Gasteiger partial charge in [0.15, 0.2) is 5.96 Å². The molecule has 174 valence electrons. The summed E-state index contributed by atoms with van der Waals surface area (Å²) in [5, 5.41) is 6.93. The summed E-state index contributed by atoms with van der Waals surface area (Å²) in [6.07, 6.45) is 2.38. The van der Waals surface area contributed by atoms with E-state index in [9.17, 15) is 0 Å². The van der Waals surface area contributed by atoms with Crippen molar-refractivity contribution in [3.8, 4) is 5.75 Å². The molecule has 1 fully saturated rings. The molecule has 2 unspecified atom stereocenters. The molecular formula is C26H38N4O2. The molecule has 0 amide bonds. The maximum Gasteiger partial charge on any atom is 0.191 e. The van der Waals surface area contributed by atoms with Gasteiger partial charge < -0.3 is 25.0 Å². The Morgan fingerprint density at radius 3 is 2.72 bits per heavy atom. The van der Waals surface area contributed by atoms with Crippen LogP contribution in [0.15, 0.2) is 53.5 Å². The molecule has 0 saturated carbocycles. The average molecular weight is 439 g/mol. The maximum atomic E-state index is 6.15. The van der Waals surface area contributed by atoms with E-state index in [-0.39, 0.29) is 6.10 Å². The van der Waals surface area contributed by atoms with Gasteiger partial charge in [0.1, 0.15) is 12.4 Å².